The predicted octanol–water partition coefficient (Wildman–Crippen LogP) is 3.21. The molecule has 1 aromatic carbocycles. The molecule has 0 radical (unpaired) electrons. The highest BCUT2D eigenvalue weighted by Gasteiger charge is 2.46. The highest BCUT2D eigenvalue weighted by Crippen LogP contribution is 2.38. The van der Waals surface area contributed by atoms with Crippen molar-refractivity contribution in [1.29, 1.82) is 0 Å². The Kier molecular flexibility index (Phi) is 6.85. The second kappa shape index (κ2) is 9.29. The first-order valence-electron chi connectivity index (χ1n) is 10.6. The van der Waals surface area contributed by atoms with Gasteiger partial charge in [0.25, 0.3) is 5.91 Å². The van der Waals surface area contributed by atoms with Crippen LogP contribution in [0.5, 0.6) is 0 Å². The molecule has 0 aliphatic carbocycles. The normalized spacial score (nSPS) is 19.5. The molecular formula is C23H27F3N4O3. The molecule has 2 atom stereocenters. The van der Waals surface area contributed by atoms with E-state index in [1.54, 1.807) is 6.92 Å². The van der Waals surface area contributed by atoms with Crippen LogP contribution in [0.2, 0.25) is 0 Å². The lowest BCUT2D eigenvalue weighted by Crippen LogP contribution is -2.47. The van der Waals surface area contributed by atoms with E-state index >= 15 is 0 Å². The van der Waals surface area contributed by atoms with Crippen molar-refractivity contribution in [2.24, 2.45) is 5.92 Å². The molecule has 2 heterocycles. The number of benzene rings is 1. The van der Waals surface area contributed by atoms with Crippen LogP contribution >= 0.6 is 0 Å². The average molecular weight is 464 g/mol. The number of halogens is 3. The summed E-state index contributed by atoms with van der Waals surface area (Å²) >= 11 is 0. The number of nitrogens with one attached hydrogen (secondary N) is 2. The fourth-order valence-corrected chi connectivity index (χ4v) is 3.86. The lowest BCUT2D eigenvalue weighted by atomic mass is 9.94. The first kappa shape index (κ1) is 24.3. The average Bonchev–Trinajstić information content (AvgIpc) is 3.09. The van der Waals surface area contributed by atoms with Crippen LogP contribution in [0.4, 0.5) is 18.0 Å². The van der Waals surface area contributed by atoms with Crippen molar-refractivity contribution in [2.75, 3.05) is 19.6 Å². The molecule has 3 rings (SSSR count). The van der Waals surface area contributed by atoms with E-state index in [2.05, 4.69) is 17.2 Å². The lowest BCUT2D eigenvalue weighted by Gasteiger charge is -2.33. The molecule has 4 amide bonds. The van der Waals surface area contributed by atoms with Gasteiger partial charge in [-0.3, -0.25) is 14.5 Å². The van der Waals surface area contributed by atoms with Crippen molar-refractivity contribution in [3.8, 4) is 0 Å². The lowest BCUT2D eigenvalue weighted by molar-refractivity contribution is -0.137. The Balaban J connectivity index is 1.94. The van der Waals surface area contributed by atoms with Gasteiger partial charge in [0.1, 0.15) is 6.04 Å². The highest BCUT2D eigenvalue weighted by atomic mass is 19.4. The maximum atomic E-state index is 13.4. The summed E-state index contributed by atoms with van der Waals surface area (Å²) in [7, 11) is 0. The van der Waals surface area contributed by atoms with Crippen LogP contribution < -0.4 is 10.6 Å². The van der Waals surface area contributed by atoms with Crippen molar-refractivity contribution < 1.29 is 27.6 Å². The van der Waals surface area contributed by atoms with E-state index in [0.29, 0.717) is 17.8 Å². The van der Waals surface area contributed by atoms with Gasteiger partial charge in [-0.15, -0.1) is 6.58 Å². The summed E-state index contributed by atoms with van der Waals surface area (Å²) in [5.74, 6) is -0.538. The van der Waals surface area contributed by atoms with Crippen molar-refractivity contribution in [3.63, 3.8) is 0 Å². The Morgan fingerprint density at radius 3 is 2.42 bits per heavy atom. The topological polar surface area (TPSA) is 81.8 Å². The molecule has 0 saturated heterocycles. The zero-order valence-electron chi connectivity index (χ0n) is 18.7. The van der Waals surface area contributed by atoms with Crippen molar-refractivity contribution in [1.82, 2.24) is 20.4 Å². The molecule has 0 fully saturated rings. The number of carbonyl (C=O) groups excluding carboxylic acids is 3. The third-order valence-electron chi connectivity index (χ3n) is 5.66. The summed E-state index contributed by atoms with van der Waals surface area (Å²) in [6.45, 7) is 9.77. The molecule has 7 nitrogen and oxygen atoms in total. The first-order valence-corrected chi connectivity index (χ1v) is 10.6. The Morgan fingerprint density at radius 1 is 1.24 bits per heavy atom. The standard InChI is InChI=1S/C23H27F3N4O3/c1-5-10-29-17-12-30(14(4)20(31)27-11-13(2)3)21(32)18(17)19(28-22(29)33)15-6-8-16(9-7-15)23(24,25)26/h5-9,13-14,19H,1,10-12H2,2-4H3,(H,27,31)(H,28,33). The molecule has 33 heavy (non-hydrogen) atoms. The summed E-state index contributed by atoms with van der Waals surface area (Å²) in [5, 5.41) is 5.51. The van der Waals surface area contributed by atoms with Crippen molar-refractivity contribution in [2.45, 2.75) is 39.0 Å². The quantitative estimate of drug-likeness (QED) is 0.608. The third kappa shape index (κ3) is 4.89. The number of carbonyl (C=O) groups is 3. The molecule has 1 aromatic rings. The van der Waals surface area contributed by atoms with Gasteiger partial charge >= 0.3 is 12.2 Å². The van der Waals surface area contributed by atoms with Crippen LogP contribution in [0.15, 0.2) is 48.2 Å². The van der Waals surface area contributed by atoms with Crippen LogP contribution in [0.1, 0.15) is 37.9 Å². The summed E-state index contributed by atoms with van der Waals surface area (Å²) in [6, 6.07) is 2.10. The zero-order chi connectivity index (χ0) is 24.5. The van der Waals surface area contributed by atoms with Gasteiger partial charge in [-0.2, -0.15) is 13.2 Å². The smallest absolute Gasteiger partial charge is 0.354 e. The molecule has 2 aliphatic rings. The molecular weight excluding hydrogens is 437 g/mol. The van der Waals surface area contributed by atoms with Crippen LogP contribution in [0.3, 0.4) is 0 Å². The minimum atomic E-state index is -4.50. The molecule has 178 valence electrons. The Bertz CT molecular complexity index is 986. The third-order valence-corrected chi connectivity index (χ3v) is 5.66. The number of hydrogen-bond acceptors (Lipinski definition) is 3. The van der Waals surface area contributed by atoms with E-state index in [1.165, 1.54) is 28.0 Å². The van der Waals surface area contributed by atoms with Gasteiger partial charge in [0, 0.05) is 13.1 Å². The number of hydrogen-bond donors (Lipinski definition) is 2. The Hall–Kier alpha value is -3.30. The van der Waals surface area contributed by atoms with Gasteiger partial charge < -0.3 is 15.5 Å². The summed E-state index contributed by atoms with van der Waals surface area (Å²) < 4.78 is 38.9. The monoisotopic (exact) mass is 464 g/mol. The number of amides is 4. The maximum Gasteiger partial charge on any atom is 0.416 e. The van der Waals surface area contributed by atoms with Gasteiger partial charge in [-0.1, -0.05) is 32.1 Å². The second-order valence-electron chi connectivity index (χ2n) is 8.51. The number of alkyl halides is 3. The SMILES string of the molecule is C=CCN1C(=O)NC(c2ccc(C(F)(F)F)cc2)C2=C1CN(C(C)C(=O)NCC(C)C)C2=O. The van der Waals surface area contributed by atoms with Crippen LogP contribution in [0, 0.1) is 5.92 Å². The molecule has 2 unspecified atom stereocenters. The van der Waals surface area contributed by atoms with E-state index in [4.69, 9.17) is 0 Å². The van der Waals surface area contributed by atoms with E-state index < -0.39 is 35.8 Å². The second-order valence-corrected chi connectivity index (χ2v) is 8.51. The zero-order valence-corrected chi connectivity index (χ0v) is 18.7. The molecule has 0 saturated carbocycles. The van der Waals surface area contributed by atoms with E-state index in [9.17, 15) is 27.6 Å². The minimum absolute atomic E-state index is 0.0306. The highest BCUT2D eigenvalue weighted by molar-refractivity contribution is 6.03. The van der Waals surface area contributed by atoms with Gasteiger partial charge in [0.15, 0.2) is 0 Å². The van der Waals surface area contributed by atoms with E-state index in [-0.39, 0.29) is 30.5 Å². The largest absolute Gasteiger partial charge is 0.416 e. The number of rotatable bonds is 7. The Labute approximate surface area is 190 Å². The van der Waals surface area contributed by atoms with Gasteiger partial charge in [-0.05, 0) is 30.5 Å². The van der Waals surface area contributed by atoms with Crippen LogP contribution in [0.25, 0.3) is 0 Å². The summed E-state index contributed by atoms with van der Waals surface area (Å²) in [5.41, 5.74) is 0.164. The molecule has 10 heteroatoms. The van der Waals surface area contributed by atoms with E-state index in [0.717, 1.165) is 12.1 Å². The number of nitrogens with zero attached hydrogens (tertiary/aromatic N) is 2. The van der Waals surface area contributed by atoms with E-state index in [1.807, 2.05) is 13.8 Å². The Morgan fingerprint density at radius 2 is 1.88 bits per heavy atom. The predicted molar refractivity (Wildman–Crippen MR) is 116 cm³/mol. The van der Waals surface area contributed by atoms with Crippen molar-refractivity contribution in [3.05, 3.63) is 59.3 Å². The summed E-state index contributed by atoms with van der Waals surface area (Å²) in [4.78, 5) is 41.5. The molecule has 0 spiro atoms. The molecule has 0 aromatic heterocycles. The molecule has 2 aliphatic heterocycles. The fourth-order valence-electron chi connectivity index (χ4n) is 3.86. The molecule has 2 N–H and O–H groups in total. The number of urea groups is 1. The minimum Gasteiger partial charge on any atom is -0.354 e. The van der Waals surface area contributed by atoms with Crippen molar-refractivity contribution >= 4 is 17.8 Å². The van der Waals surface area contributed by atoms with Gasteiger partial charge in [0.2, 0.25) is 5.91 Å². The van der Waals surface area contributed by atoms with Crippen LogP contribution in [-0.2, 0) is 15.8 Å². The first-order chi connectivity index (χ1) is 15.5. The fraction of sp³-hybridized carbons (Fsp3) is 0.435. The molecule has 0 bridgehead atoms. The summed E-state index contributed by atoms with van der Waals surface area (Å²) in [6.07, 6.45) is -2.99. The maximum absolute atomic E-state index is 13.4. The van der Waals surface area contributed by atoms with Gasteiger partial charge in [0.05, 0.1) is 29.4 Å². The van der Waals surface area contributed by atoms with Gasteiger partial charge in [-0.25, -0.2) is 4.79 Å². The van der Waals surface area contributed by atoms with Crippen LogP contribution in [-0.4, -0.2) is 53.3 Å².